The van der Waals surface area contributed by atoms with E-state index in [1.165, 1.54) is 186 Å². The van der Waals surface area contributed by atoms with E-state index < -0.39 is 15.6 Å². The summed E-state index contributed by atoms with van der Waals surface area (Å²) in [6.45, 7) is 5.91. The lowest BCUT2D eigenvalue weighted by Crippen LogP contribution is -2.36. The summed E-state index contributed by atoms with van der Waals surface area (Å²) in [6.07, 6.45) is 45.5. The molecular formula is C43H77ClF3NO5S. The zero-order chi connectivity index (χ0) is 40.2. The fourth-order valence-corrected chi connectivity index (χ4v) is 6.86. The molecule has 11 heteroatoms. The van der Waals surface area contributed by atoms with Gasteiger partial charge in [0.2, 0.25) is 0 Å². The summed E-state index contributed by atoms with van der Waals surface area (Å²) < 4.78 is 66.5. The SMILES string of the molecule is CCCCCCCCCCCCCCCCCCCCCCCC[n+]1cccc(C(=O)OCCCCCCCCCCCC)c1Cl.O=S(=O)([O-])C(F)(F)F. The average Bonchev–Trinajstić information content (AvgIpc) is 3.12. The third-order valence-corrected chi connectivity index (χ3v) is 11.0. The van der Waals surface area contributed by atoms with Crippen LogP contribution < -0.4 is 4.57 Å². The number of nitrogens with zero attached hydrogens (tertiary/aromatic N) is 1. The van der Waals surface area contributed by atoms with Crippen molar-refractivity contribution in [2.45, 2.75) is 231 Å². The van der Waals surface area contributed by atoms with Crippen LogP contribution >= 0.6 is 11.6 Å². The summed E-state index contributed by atoms with van der Waals surface area (Å²) >= 11 is 6.61. The Balaban J connectivity index is 0.00000313. The highest BCUT2D eigenvalue weighted by Gasteiger charge is 2.37. The molecule has 0 fully saturated rings. The highest BCUT2D eigenvalue weighted by atomic mass is 35.5. The Morgan fingerprint density at radius 1 is 0.611 bits per heavy atom. The van der Waals surface area contributed by atoms with E-state index in [1.807, 2.05) is 16.8 Å². The minimum Gasteiger partial charge on any atom is -0.741 e. The molecule has 6 nitrogen and oxygen atoms in total. The van der Waals surface area contributed by atoms with E-state index in [0.29, 0.717) is 17.3 Å². The van der Waals surface area contributed by atoms with E-state index in [0.717, 1.165) is 25.8 Å². The van der Waals surface area contributed by atoms with E-state index in [1.54, 1.807) is 6.07 Å². The van der Waals surface area contributed by atoms with Crippen molar-refractivity contribution in [3.63, 3.8) is 0 Å². The maximum absolute atomic E-state index is 12.6. The number of hydrogen-bond acceptors (Lipinski definition) is 5. The van der Waals surface area contributed by atoms with Crippen LogP contribution in [0.4, 0.5) is 13.2 Å². The van der Waals surface area contributed by atoms with Gasteiger partial charge in [-0.3, -0.25) is 0 Å². The molecule has 0 aromatic carbocycles. The van der Waals surface area contributed by atoms with Crippen molar-refractivity contribution < 1.29 is 40.2 Å². The number of rotatable bonds is 35. The van der Waals surface area contributed by atoms with Gasteiger partial charge in [0.25, 0.3) is 5.15 Å². The molecule has 0 unspecified atom stereocenters. The van der Waals surface area contributed by atoms with Crippen LogP contribution in [-0.2, 0) is 21.4 Å². The van der Waals surface area contributed by atoms with Crippen LogP contribution in [0.2, 0.25) is 5.15 Å². The number of pyridine rings is 1. The molecule has 1 heterocycles. The first-order valence-corrected chi connectivity index (χ1v) is 23.6. The van der Waals surface area contributed by atoms with Crippen LogP contribution in [0.25, 0.3) is 0 Å². The number of aryl methyl sites for hydroxylation is 1. The quantitative estimate of drug-likeness (QED) is 0.0170. The zero-order valence-electron chi connectivity index (χ0n) is 34.2. The lowest BCUT2D eigenvalue weighted by atomic mass is 10.0. The van der Waals surface area contributed by atoms with Gasteiger partial charge in [-0.1, -0.05) is 200 Å². The Kier molecular flexibility index (Phi) is 35.1. The molecule has 0 aliphatic rings. The maximum atomic E-state index is 12.6. The summed E-state index contributed by atoms with van der Waals surface area (Å²) in [5.74, 6) is -0.288. The molecule has 0 saturated heterocycles. The molecule has 0 N–H and O–H groups in total. The predicted octanol–water partition coefficient (Wildman–Crippen LogP) is 14.4. The van der Waals surface area contributed by atoms with Crippen molar-refractivity contribution in [1.29, 1.82) is 0 Å². The van der Waals surface area contributed by atoms with Gasteiger partial charge in [0.1, 0.15) is 12.1 Å². The van der Waals surface area contributed by atoms with Crippen molar-refractivity contribution in [1.82, 2.24) is 0 Å². The smallest absolute Gasteiger partial charge is 0.485 e. The monoisotopic (exact) mass is 812 g/mol. The van der Waals surface area contributed by atoms with E-state index in [2.05, 4.69) is 13.8 Å². The number of halogens is 4. The van der Waals surface area contributed by atoms with E-state index in [9.17, 15) is 18.0 Å². The van der Waals surface area contributed by atoms with Gasteiger partial charge in [0.15, 0.2) is 16.3 Å². The normalized spacial score (nSPS) is 11.8. The molecule has 54 heavy (non-hydrogen) atoms. The second-order valence-electron chi connectivity index (χ2n) is 15.0. The topological polar surface area (TPSA) is 87.4 Å². The number of ether oxygens (including phenoxy) is 1. The molecule has 1 rings (SSSR count). The summed E-state index contributed by atoms with van der Waals surface area (Å²) in [6, 6.07) is 3.71. The van der Waals surface area contributed by atoms with Gasteiger partial charge in [-0.2, -0.15) is 17.7 Å². The summed E-state index contributed by atoms with van der Waals surface area (Å²) in [5, 5.41) is 0.513. The summed E-state index contributed by atoms with van der Waals surface area (Å²) in [7, 11) is -6.09. The number of alkyl halides is 3. The first-order chi connectivity index (χ1) is 26.0. The number of hydrogen-bond donors (Lipinski definition) is 0. The van der Waals surface area contributed by atoms with Crippen molar-refractivity contribution in [2.24, 2.45) is 0 Å². The number of aromatic nitrogens is 1. The van der Waals surface area contributed by atoms with Crippen molar-refractivity contribution in [2.75, 3.05) is 6.61 Å². The van der Waals surface area contributed by atoms with Gasteiger partial charge in [0, 0.05) is 12.5 Å². The highest BCUT2D eigenvalue weighted by molar-refractivity contribution is 7.86. The second kappa shape index (κ2) is 36.0. The second-order valence-corrected chi connectivity index (χ2v) is 16.8. The third-order valence-electron chi connectivity index (χ3n) is 9.99. The van der Waals surface area contributed by atoms with Crippen molar-refractivity contribution in [3.05, 3.63) is 29.0 Å². The first-order valence-electron chi connectivity index (χ1n) is 21.8. The van der Waals surface area contributed by atoms with E-state index in [-0.39, 0.29) is 5.97 Å². The van der Waals surface area contributed by atoms with Crippen molar-refractivity contribution >= 4 is 27.7 Å². The average molecular weight is 813 g/mol. The Labute approximate surface area is 333 Å². The Morgan fingerprint density at radius 3 is 1.22 bits per heavy atom. The first kappa shape index (κ1) is 52.6. The molecule has 0 aliphatic carbocycles. The van der Waals surface area contributed by atoms with Crippen LogP contribution in [-0.4, -0.2) is 31.1 Å². The van der Waals surface area contributed by atoms with Gasteiger partial charge < -0.3 is 9.29 Å². The molecule has 0 bridgehead atoms. The molecule has 1 aromatic heterocycles. The van der Waals surface area contributed by atoms with Crippen molar-refractivity contribution in [3.8, 4) is 0 Å². The number of carbonyl (C=O) groups excluding carboxylic acids is 1. The molecule has 0 saturated carbocycles. The molecular weight excluding hydrogens is 735 g/mol. The Hall–Kier alpha value is -1.39. The van der Waals surface area contributed by atoms with Gasteiger partial charge in [-0.25, -0.2) is 13.2 Å². The Morgan fingerprint density at radius 2 is 0.907 bits per heavy atom. The minimum atomic E-state index is -6.09. The predicted molar refractivity (Wildman–Crippen MR) is 217 cm³/mol. The fraction of sp³-hybridized carbons (Fsp3) is 0.860. The largest absolute Gasteiger partial charge is 0.741 e. The third kappa shape index (κ3) is 31.8. The van der Waals surface area contributed by atoms with Crippen LogP contribution in [0.5, 0.6) is 0 Å². The molecule has 1 aromatic rings. The zero-order valence-corrected chi connectivity index (χ0v) is 35.8. The molecule has 0 atom stereocenters. The fourth-order valence-electron chi connectivity index (χ4n) is 6.58. The van der Waals surface area contributed by atoms with Crippen LogP contribution in [0.1, 0.15) is 230 Å². The molecule has 0 spiro atoms. The lowest BCUT2D eigenvalue weighted by molar-refractivity contribution is -0.695. The number of unbranched alkanes of at least 4 members (excludes halogenated alkanes) is 30. The van der Waals surface area contributed by atoms with Gasteiger partial charge in [-0.05, 0) is 30.5 Å². The summed E-state index contributed by atoms with van der Waals surface area (Å²) in [5.41, 5.74) is -5.15. The molecule has 0 radical (unpaired) electrons. The van der Waals surface area contributed by atoms with Crippen LogP contribution in [0, 0.1) is 0 Å². The van der Waals surface area contributed by atoms with Gasteiger partial charge in [-0.15, -0.1) is 0 Å². The molecule has 0 amide bonds. The van der Waals surface area contributed by atoms with Gasteiger partial charge in [0.05, 0.1) is 6.61 Å². The molecule has 318 valence electrons. The summed E-state index contributed by atoms with van der Waals surface area (Å²) in [4.78, 5) is 12.6. The number of carbonyl (C=O) groups is 1. The van der Waals surface area contributed by atoms with E-state index >= 15 is 0 Å². The minimum absolute atomic E-state index is 0.288. The van der Waals surface area contributed by atoms with Crippen LogP contribution in [0.3, 0.4) is 0 Å². The highest BCUT2D eigenvalue weighted by Crippen LogP contribution is 2.21. The van der Waals surface area contributed by atoms with E-state index in [4.69, 9.17) is 29.3 Å². The lowest BCUT2D eigenvalue weighted by Gasteiger charge is -2.08. The standard InChI is InChI=1S/C42H77ClNO2.CHF3O3S/c1-3-5-7-9-11-13-15-16-17-18-19-20-21-22-23-24-25-26-27-29-31-33-37-44-38-35-36-40(41(44)43)42(45)46-39-34-32-30-28-14-12-10-8-6-4-2;2-1(3,4)8(5,6)7/h35-36,38H,3-34,37,39H2,1-2H3;(H,5,6,7)/q+1;/p-1. The maximum Gasteiger partial charge on any atom is 0.485 e. The number of esters is 1. The van der Waals surface area contributed by atoms with Gasteiger partial charge >= 0.3 is 11.5 Å². The van der Waals surface area contributed by atoms with Crippen LogP contribution in [0.15, 0.2) is 18.3 Å². The Bertz CT molecular complexity index is 1120. The molecule has 0 aliphatic heterocycles.